The number of aromatic nitrogens is 4. The van der Waals surface area contributed by atoms with E-state index in [0.29, 0.717) is 44.2 Å². The lowest BCUT2D eigenvalue weighted by molar-refractivity contribution is -0.386. The molecule has 1 N–H and O–H groups in total. The van der Waals surface area contributed by atoms with E-state index in [2.05, 4.69) is 15.5 Å². The van der Waals surface area contributed by atoms with E-state index in [1.54, 1.807) is 4.90 Å². The lowest BCUT2D eigenvalue weighted by Crippen LogP contribution is -2.41. The molecule has 0 spiro atoms. The molecular weight excluding hydrogens is 382 g/mol. The second kappa shape index (κ2) is 8.39. The fourth-order valence-electron chi connectivity index (χ4n) is 3.29. The summed E-state index contributed by atoms with van der Waals surface area (Å²) in [4.78, 5) is 37.8. The highest BCUT2D eigenvalue weighted by molar-refractivity contribution is 6.02. The smallest absolute Gasteiger partial charge is 0.312 e. The highest BCUT2D eigenvalue weighted by Gasteiger charge is 2.27. The van der Waals surface area contributed by atoms with Crippen molar-refractivity contribution in [2.24, 2.45) is 0 Å². The van der Waals surface area contributed by atoms with E-state index >= 15 is 0 Å². The predicted molar refractivity (Wildman–Crippen MR) is 102 cm³/mol. The Morgan fingerprint density at radius 1 is 1.28 bits per heavy atom. The molecular formula is C17H23N7O5. The molecule has 1 aliphatic rings. The molecule has 2 aromatic heterocycles. The van der Waals surface area contributed by atoms with Crippen LogP contribution in [0.4, 0.5) is 11.4 Å². The molecule has 2 amide bonds. The minimum atomic E-state index is -0.517. The Bertz CT molecular complexity index is 942. The summed E-state index contributed by atoms with van der Waals surface area (Å²) in [5.74, 6) is -0.693. The van der Waals surface area contributed by atoms with Crippen molar-refractivity contribution >= 4 is 23.2 Å². The SMILES string of the molecule is CCn1ncc(NC(=O)Cn2nc(C)c([N+](=O)[O-])c2C)c1C(=O)N1CCOCC1. The molecule has 156 valence electrons. The number of hydrogen-bond donors (Lipinski definition) is 1. The summed E-state index contributed by atoms with van der Waals surface area (Å²) < 4.78 is 8.08. The van der Waals surface area contributed by atoms with Gasteiger partial charge in [-0.3, -0.25) is 29.1 Å². The second-order valence-corrected chi connectivity index (χ2v) is 6.61. The van der Waals surface area contributed by atoms with Gasteiger partial charge >= 0.3 is 5.69 Å². The normalized spacial score (nSPS) is 14.1. The Labute approximate surface area is 166 Å². The van der Waals surface area contributed by atoms with Crippen LogP contribution < -0.4 is 5.32 Å². The first-order valence-electron chi connectivity index (χ1n) is 9.24. The van der Waals surface area contributed by atoms with Gasteiger partial charge in [-0.05, 0) is 20.8 Å². The summed E-state index contributed by atoms with van der Waals surface area (Å²) >= 11 is 0. The lowest BCUT2D eigenvalue weighted by atomic mass is 10.2. The number of nitro groups is 1. The number of carbonyl (C=O) groups is 2. The molecule has 3 heterocycles. The van der Waals surface area contributed by atoms with Gasteiger partial charge in [0.15, 0.2) is 0 Å². The first-order chi connectivity index (χ1) is 13.8. The quantitative estimate of drug-likeness (QED) is 0.552. The van der Waals surface area contributed by atoms with Crippen LogP contribution in [0.5, 0.6) is 0 Å². The van der Waals surface area contributed by atoms with Crippen LogP contribution in [0.25, 0.3) is 0 Å². The highest BCUT2D eigenvalue weighted by Crippen LogP contribution is 2.22. The van der Waals surface area contributed by atoms with Gasteiger partial charge in [-0.15, -0.1) is 0 Å². The topological polar surface area (TPSA) is 137 Å². The third-order valence-corrected chi connectivity index (χ3v) is 4.73. The van der Waals surface area contributed by atoms with Crippen LogP contribution in [0.3, 0.4) is 0 Å². The minimum Gasteiger partial charge on any atom is -0.378 e. The molecule has 0 aromatic carbocycles. The molecule has 12 heteroatoms. The molecule has 1 saturated heterocycles. The standard InChI is InChI=1S/C17H23N7O5/c1-4-22-16(17(26)21-5-7-29-8-6-21)13(9-18-22)19-14(25)10-23-12(3)15(24(27)28)11(2)20-23/h9H,4-8,10H2,1-3H3,(H,19,25). The van der Waals surface area contributed by atoms with E-state index in [4.69, 9.17) is 4.74 Å². The van der Waals surface area contributed by atoms with Crippen LogP contribution >= 0.6 is 0 Å². The summed E-state index contributed by atoms with van der Waals surface area (Å²) in [6, 6.07) is 0. The first-order valence-corrected chi connectivity index (χ1v) is 9.24. The molecule has 1 aliphatic heterocycles. The van der Waals surface area contributed by atoms with Crippen molar-refractivity contribution in [2.75, 3.05) is 31.6 Å². The maximum atomic E-state index is 12.9. The number of morpholine rings is 1. The maximum absolute atomic E-state index is 12.9. The van der Waals surface area contributed by atoms with Crippen molar-refractivity contribution in [2.45, 2.75) is 33.9 Å². The van der Waals surface area contributed by atoms with Crippen molar-refractivity contribution < 1.29 is 19.2 Å². The molecule has 0 unspecified atom stereocenters. The molecule has 0 aliphatic carbocycles. The fraction of sp³-hybridized carbons (Fsp3) is 0.529. The average Bonchev–Trinajstić information content (AvgIpc) is 3.21. The van der Waals surface area contributed by atoms with Crippen LogP contribution in [0.1, 0.15) is 28.8 Å². The Balaban J connectivity index is 1.79. The van der Waals surface area contributed by atoms with Crippen LogP contribution in [0.15, 0.2) is 6.20 Å². The van der Waals surface area contributed by atoms with Crippen molar-refractivity contribution in [1.29, 1.82) is 0 Å². The van der Waals surface area contributed by atoms with Crippen molar-refractivity contribution in [3.05, 3.63) is 33.4 Å². The number of aryl methyl sites for hydroxylation is 2. The zero-order chi connectivity index (χ0) is 21.1. The summed E-state index contributed by atoms with van der Waals surface area (Å²) in [5.41, 5.74) is 1.00. The van der Waals surface area contributed by atoms with Gasteiger partial charge in [0.1, 0.15) is 23.6 Å². The summed E-state index contributed by atoms with van der Waals surface area (Å²) in [7, 11) is 0. The van der Waals surface area contributed by atoms with Gasteiger partial charge in [0, 0.05) is 19.6 Å². The Hall–Kier alpha value is -3.28. The first kappa shape index (κ1) is 20.5. The monoisotopic (exact) mass is 405 g/mol. The Kier molecular flexibility index (Phi) is 5.92. The van der Waals surface area contributed by atoms with Crippen molar-refractivity contribution in [3.8, 4) is 0 Å². The zero-order valence-electron chi connectivity index (χ0n) is 16.5. The maximum Gasteiger partial charge on any atom is 0.312 e. The number of hydrogen-bond acceptors (Lipinski definition) is 7. The van der Waals surface area contributed by atoms with Gasteiger partial charge in [0.05, 0.1) is 30.0 Å². The van der Waals surface area contributed by atoms with Crippen molar-refractivity contribution in [1.82, 2.24) is 24.5 Å². The van der Waals surface area contributed by atoms with Crippen LogP contribution in [0.2, 0.25) is 0 Å². The predicted octanol–water partition coefficient (Wildman–Crippen LogP) is 0.736. The molecule has 29 heavy (non-hydrogen) atoms. The van der Waals surface area contributed by atoms with E-state index < -0.39 is 10.8 Å². The van der Waals surface area contributed by atoms with Gasteiger partial charge in [-0.1, -0.05) is 0 Å². The number of ether oxygens (including phenoxy) is 1. The van der Waals surface area contributed by atoms with Crippen LogP contribution in [0, 0.1) is 24.0 Å². The lowest BCUT2D eigenvalue weighted by Gasteiger charge is -2.27. The van der Waals surface area contributed by atoms with Gasteiger partial charge in [-0.25, -0.2) is 0 Å². The Morgan fingerprint density at radius 2 is 1.97 bits per heavy atom. The fourth-order valence-corrected chi connectivity index (χ4v) is 3.29. The molecule has 0 radical (unpaired) electrons. The van der Waals surface area contributed by atoms with Gasteiger partial charge in [-0.2, -0.15) is 10.2 Å². The average molecular weight is 405 g/mol. The van der Waals surface area contributed by atoms with Gasteiger partial charge < -0.3 is 15.0 Å². The third-order valence-electron chi connectivity index (χ3n) is 4.73. The molecule has 0 atom stereocenters. The van der Waals surface area contributed by atoms with E-state index in [1.807, 2.05) is 6.92 Å². The number of carbonyl (C=O) groups excluding carboxylic acids is 2. The zero-order valence-corrected chi connectivity index (χ0v) is 16.5. The van der Waals surface area contributed by atoms with Crippen LogP contribution in [-0.2, 0) is 22.6 Å². The molecule has 0 saturated carbocycles. The molecule has 2 aromatic rings. The summed E-state index contributed by atoms with van der Waals surface area (Å²) in [5, 5.41) is 22.1. The molecule has 1 fully saturated rings. The highest BCUT2D eigenvalue weighted by atomic mass is 16.6. The number of nitrogens with one attached hydrogen (secondary N) is 1. The minimum absolute atomic E-state index is 0.111. The van der Waals surface area contributed by atoms with Crippen LogP contribution in [-0.4, -0.2) is 67.5 Å². The summed E-state index contributed by atoms with van der Waals surface area (Å²) in [6.45, 7) is 7.01. The number of amides is 2. The van der Waals surface area contributed by atoms with Gasteiger partial charge in [0.25, 0.3) is 5.91 Å². The molecule has 3 rings (SSSR count). The van der Waals surface area contributed by atoms with E-state index in [1.165, 1.54) is 29.4 Å². The third kappa shape index (κ3) is 4.11. The molecule has 12 nitrogen and oxygen atoms in total. The number of nitrogens with zero attached hydrogens (tertiary/aromatic N) is 6. The molecule has 0 bridgehead atoms. The van der Waals surface area contributed by atoms with Crippen molar-refractivity contribution in [3.63, 3.8) is 0 Å². The largest absolute Gasteiger partial charge is 0.378 e. The second-order valence-electron chi connectivity index (χ2n) is 6.61. The Morgan fingerprint density at radius 3 is 2.55 bits per heavy atom. The van der Waals surface area contributed by atoms with E-state index in [9.17, 15) is 19.7 Å². The van der Waals surface area contributed by atoms with E-state index in [-0.39, 0.29) is 29.5 Å². The van der Waals surface area contributed by atoms with Gasteiger partial charge in [0.2, 0.25) is 5.91 Å². The number of rotatable bonds is 6. The van der Waals surface area contributed by atoms with E-state index in [0.717, 1.165) is 0 Å². The summed E-state index contributed by atoms with van der Waals surface area (Å²) in [6.07, 6.45) is 1.43. The number of anilines is 1.